The summed E-state index contributed by atoms with van der Waals surface area (Å²) in [7, 11) is 0. The molecular weight excluding hydrogens is 272 g/mol. The van der Waals surface area contributed by atoms with Crippen molar-refractivity contribution in [3.63, 3.8) is 0 Å². The standard InChI is InChI=1S/C16H24N2O.ClH/c1-3-10-19-15-7-5-4-6-14(15)11-18-9-8-16(2,12-17)13-18;/h3-7H,1,8-13,17H2,2H3;1H. The van der Waals surface area contributed by atoms with E-state index >= 15 is 0 Å². The van der Waals surface area contributed by atoms with Crippen LogP contribution in [0.1, 0.15) is 18.9 Å². The molecule has 112 valence electrons. The first-order valence-corrected chi connectivity index (χ1v) is 6.91. The van der Waals surface area contributed by atoms with E-state index in [0.29, 0.717) is 6.61 Å². The largest absolute Gasteiger partial charge is 0.489 e. The lowest BCUT2D eigenvalue weighted by Crippen LogP contribution is -2.31. The van der Waals surface area contributed by atoms with Gasteiger partial charge in [-0.25, -0.2) is 0 Å². The highest BCUT2D eigenvalue weighted by molar-refractivity contribution is 5.85. The monoisotopic (exact) mass is 296 g/mol. The quantitative estimate of drug-likeness (QED) is 0.821. The number of ether oxygens (including phenoxy) is 1. The second kappa shape index (κ2) is 7.67. The van der Waals surface area contributed by atoms with E-state index in [1.165, 1.54) is 12.0 Å². The molecule has 0 radical (unpaired) electrons. The molecule has 2 rings (SSSR count). The molecule has 0 amide bonds. The molecule has 4 heteroatoms. The van der Waals surface area contributed by atoms with Gasteiger partial charge in [0.25, 0.3) is 0 Å². The average Bonchev–Trinajstić information content (AvgIpc) is 2.80. The molecule has 1 aromatic rings. The first-order chi connectivity index (χ1) is 9.17. The molecule has 1 aromatic carbocycles. The molecule has 0 aromatic heterocycles. The van der Waals surface area contributed by atoms with E-state index < -0.39 is 0 Å². The molecule has 0 saturated carbocycles. The normalized spacial score (nSPS) is 22.3. The van der Waals surface area contributed by atoms with Crippen molar-refractivity contribution in [1.82, 2.24) is 4.90 Å². The Balaban J connectivity index is 0.00000200. The van der Waals surface area contributed by atoms with E-state index in [9.17, 15) is 0 Å². The Bertz CT molecular complexity index is 438. The molecule has 1 aliphatic rings. The first kappa shape index (κ1) is 17.0. The summed E-state index contributed by atoms with van der Waals surface area (Å²) in [6.45, 7) is 10.4. The number of likely N-dealkylation sites (tertiary alicyclic amines) is 1. The van der Waals surface area contributed by atoms with Gasteiger partial charge in [0.2, 0.25) is 0 Å². The number of nitrogens with zero attached hydrogens (tertiary/aromatic N) is 1. The Morgan fingerprint density at radius 3 is 2.85 bits per heavy atom. The van der Waals surface area contributed by atoms with E-state index in [4.69, 9.17) is 10.5 Å². The highest BCUT2D eigenvalue weighted by Crippen LogP contribution is 2.30. The van der Waals surface area contributed by atoms with Crippen LogP contribution in [0.2, 0.25) is 0 Å². The van der Waals surface area contributed by atoms with Crippen molar-refractivity contribution in [3.05, 3.63) is 42.5 Å². The van der Waals surface area contributed by atoms with Gasteiger partial charge < -0.3 is 10.5 Å². The summed E-state index contributed by atoms with van der Waals surface area (Å²) in [6.07, 6.45) is 2.96. The maximum Gasteiger partial charge on any atom is 0.124 e. The van der Waals surface area contributed by atoms with Gasteiger partial charge in [0.15, 0.2) is 0 Å². The van der Waals surface area contributed by atoms with Gasteiger partial charge in [0.05, 0.1) is 0 Å². The fraction of sp³-hybridized carbons (Fsp3) is 0.500. The molecule has 0 bridgehead atoms. The molecule has 1 saturated heterocycles. The maximum atomic E-state index is 5.86. The topological polar surface area (TPSA) is 38.5 Å². The molecule has 20 heavy (non-hydrogen) atoms. The summed E-state index contributed by atoms with van der Waals surface area (Å²) in [4.78, 5) is 2.46. The van der Waals surface area contributed by atoms with Gasteiger partial charge in [0, 0.05) is 18.7 Å². The molecule has 1 atom stereocenters. The Kier molecular flexibility index (Phi) is 6.53. The summed E-state index contributed by atoms with van der Waals surface area (Å²) in [5.41, 5.74) is 7.37. The van der Waals surface area contributed by atoms with Crippen LogP contribution in [0, 0.1) is 5.41 Å². The Hall–Kier alpha value is -1.03. The Labute approximate surface area is 128 Å². The summed E-state index contributed by atoms with van der Waals surface area (Å²) in [5, 5.41) is 0. The third-order valence-electron chi connectivity index (χ3n) is 3.85. The highest BCUT2D eigenvalue weighted by atomic mass is 35.5. The van der Waals surface area contributed by atoms with Gasteiger partial charge in [-0.2, -0.15) is 0 Å². The number of benzene rings is 1. The second-order valence-corrected chi connectivity index (χ2v) is 5.68. The maximum absolute atomic E-state index is 5.86. The summed E-state index contributed by atoms with van der Waals surface area (Å²) in [5.74, 6) is 0.962. The molecule has 0 spiro atoms. The van der Waals surface area contributed by atoms with Crippen molar-refractivity contribution in [2.45, 2.75) is 19.9 Å². The predicted octanol–water partition coefficient (Wildman–Crippen LogP) is 2.84. The van der Waals surface area contributed by atoms with Crippen LogP contribution in [-0.4, -0.2) is 31.1 Å². The van der Waals surface area contributed by atoms with Crippen LogP contribution < -0.4 is 10.5 Å². The molecule has 1 aliphatic heterocycles. The third-order valence-corrected chi connectivity index (χ3v) is 3.85. The number of nitrogens with two attached hydrogens (primary N) is 1. The molecule has 3 nitrogen and oxygen atoms in total. The average molecular weight is 297 g/mol. The molecule has 0 aliphatic carbocycles. The fourth-order valence-corrected chi connectivity index (χ4v) is 2.59. The summed E-state index contributed by atoms with van der Waals surface area (Å²) in [6, 6.07) is 8.23. The van der Waals surface area contributed by atoms with Gasteiger partial charge in [-0.3, -0.25) is 4.90 Å². The lowest BCUT2D eigenvalue weighted by Gasteiger charge is -2.23. The van der Waals surface area contributed by atoms with Crippen LogP contribution in [0.3, 0.4) is 0 Å². The van der Waals surface area contributed by atoms with E-state index in [2.05, 4.69) is 30.5 Å². The summed E-state index contributed by atoms with van der Waals surface area (Å²) >= 11 is 0. The van der Waals surface area contributed by atoms with Crippen LogP contribution >= 0.6 is 12.4 Å². The first-order valence-electron chi connectivity index (χ1n) is 6.91. The highest BCUT2D eigenvalue weighted by Gasteiger charge is 2.32. The number of hydrogen-bond acceptors (Lipinski definition) is 3. The third kappa shape index (κ3) is 4.23. The predicted molar refractivity (Wildman–Crippen MR) is 86.4 cm³/mol. The van der Waals surface area contributed by atoms with E-state index in [0.717, 1.165) is 31.9 Å². The Morgan fingerprint density at radius 2 is 2.20 bits per heavy atom. The zero-order valence-corrected chi connectivity index (χ0v) is 13.0. The van der Waals surface area contributed by atoms with Crippen molar-refractivity contribution < 1.29 is 4.74 Å². The minimum atomic E-state index is 0. The molecule has 2 N–H and O–H groups in total. The van der Waals surface area contributed by atoms with E-state index in [1.807, 2.05) is 12.1 Å². The minimum absolute atomic E-state index is 0. The van der Waals surface area contributed by atoms with Crippen LogP contribution in [0.4, 0.5) is 0 Å². The second-order valence-electron chi connectivity index (χ2n) is 5.68. The van der Waals surface area contributed by atoms with Crippen molar-refractivity contribution in [3.8, 4) is 5.75 Å². The van der Waals surface area contributed by atoms with Crippen LogP contribution in [0.5, 0.6) is 5.75 Å². The zero-order valence-electron chi connectivity index (χ0n) is 12.2. The van der Waals surface area contributed by atoms with Gasteiger partial charge in [0.1, 0.15) is 12.4 Å². The van der Waals surface area contributed by atoms with Crippen LogP contribution in [0.25, 0.3) is 0 Å². The van der Waals surface area contributed by atoms with Gasteiger partial charge in [-0.05, 0) is 31.0 Å². The molecular formula is C16H25ClN2O. The minimum Gasteiger partial charge on any atom is -0.489 e. The van der Waals surface area contributed by atoms with Gasteiger partial charge in [-0.15, -0.1) is 12.4 Å². The summed E-state index contributed by atoms with van der Waals surface area (Å²) < 4.78 is 5.71. The zero-order chi connectivity index (χ0) is 13.7. The van der Waals surface area contributed by atoms with Crippen LogP contribution in [-0.2, 0) is 6.54 Å². The number of hydrogen-bond donors (Lipinski definition) is 1. The van der Waals surface area contributed by atoms with E-state index in [1.54, 1.807) is 6.08 Å². The van der Waals surface area contributed by atoms with Crippen molar-refractivity contribution >= 4 is 12.4 Å². The van der Waals surface area contributed by atoms with Gasteiger partial charge in [-0.1, -0.05) is 37.8 Å². The smallest absolute Gasteiger partial charge is 0.124 e. The van der Waals surface area contributed by atoms with E-state index in [-0.39, 0.29) is 17.8 Å². The van der Waals surface area contributed by atoms with Gasteiger partial charge >= 0.3 is 0 Å². The lowest BCUT2D eigenvalue weighted by molar-refractivity contribution is 0.268. The molecule has 1 fully saturated rings. The number of para-hydroxylation sites is 1. The van der Waals surface area contributed by atoms with Crippen molar-refractivity contribution in [1.29, 1.82) is 0 Å². The SMILES string of the molecule is C=CCOc1ccccc1CN1CCC(C)(CN)C1.Cl. The number of halogens is 1. The lowest BCUT2D eigenvalue weighted by atomic mass is 9.90. The Morgan fingerprint density at radius 1 is 1.45 bits per heavy atom. The number of rotatable bonds is 6. The van der Waals surface area contributed by atoms with Crippen LogP contribution in [0.15, 0.2) is 36.9 Å². The molecule has 1 unspecified atom stereocenters. The molecule has 1 heterocycles. The fourth-order valence-electron chi connectivity index (χ4n) is 2.59. The van der Waals surface area contributed by atoms with Crippen molar-refractivity contribution in [2.24, 2.45) is 11.1 Å². The van der Waals surface area contributed by atoms with Crippen molar-refractivity contribution in [2.75, 3.05) is 26.2 Å².